The van der Waals surface area contributed by atoms with Gasteiger partial charge >= 0.3 is 0 Å². The van der Waals surface area contributed by atoms with Crippen molar-refractivity contribution in [1.82, 2.24) is 0 Å². The van der Waals surface area contributed by atoms with E-state index >= 15 is 0 Å². The van der Waals surface area contributed by atoms with Crippen LogP contribution in [-0.4, -0.2) is 11.7 Å². The maximum atomic E-state index is 12.5. The van der Waals surface area contributed by atoms with E-state index in [9.17, 15) is 4.39 Å². The molecule has 0 heterocycles. The largest absolute Gasteiger partial charge is 0.394 e. The first-order valence-electron chi connectivity index (χ1n) is 3.36. The molecule has 0 bridgehead atoms. The van der Waals surface area contributed by atoms with Crippen molar-refractivity contribution in [1.29, 1.82) is 0 Å². The lowest BCUT2D eigenvalue weighted by molar-refractivity contribution is 0.268. The summed E-state index contributed by atoms with van der Waals surface area (Å²) in [5.74, 6) is -0.327. The number of hydrogen-bond donors (Lipinski definition) is 2. The van der Waals surface area contributed by atoms with Crippen molar-refractivity contribution in [2.45, 2.75) is 6.04 Å². The molecule has 0 fully saturated rings. The third-order valence-corrected chi connectivity index (χ3v) is 1.47. The molecule has 0 saturated heterocycles. The van der Waals surface area contributed by atoms with Crippen molar-refractivity contribution in [3.8, 4) is 0 Å². The molecule has 0 unspecified atom stereocenters. The van der Waals surface area contributed by atoms with Gasteiger partial charge in [-0.2, -0.15) is 0 Å². The van der Waals surface area contributed by atoms with Crippen LogP contribution >= 0.6 is 12.4 Å². The molecule has 1 atom stereocenters. The third-order valence-electron chi connectivity index (χ3n) is 1.47. The molecule has 1 rings (SSSR count). The topological polar surface area (TPSA) is 46.2 Å². The van der Waals surface area contributed by atoms with Crippen LogP contribution < -0.4 is 5.73 Å². The smallest absolute Gasteiger partial charge is 0.123 e. The lowest BCUT2D eigenvalue weighted by Gasteiger charge is -2.06. The highest BCUT2D eigenvalue weighted by atomic mass is 35.5. The molecule has 0 aromatic heterocycles. The van der Waals surface area contributed by atoms with Gasteiger partial charge in [-0.05, 0) is 17.7 Å². The molecule has 0 aliphatic rings. The maximum Gasteiger partial charge on any atom is 0.123 e. The summed E-state index contributed by atoms with van der Waals surface area (Å²) in [5.41, 5.74) is 6.06. The molecule has 0 aliphatic carbocycles. The molecule has 0 radical (unpaired) electrons. The molecular formula is C8H11ClFNO. The quantitative estimate of drug-likeness (QED) is 0.739. The Morgan fingerprint density at radius 2 is 2.17 bits per heavy atom. The van der Waals surface area contributed by atoms with Gasteiger partial charge in [0.2, 0.25) is 0 Å². The Kier molecular flexibility index (Phi) is 4.81. The van der Waals surface area contributed by atoms with Gasteiger partial charge in [0.25, 0.3) is 0 Å². The number of rotatable bonds is 2. The fraction of sp³-hybridized carbons (Fsp3) is 0.250. The molecule has 0 aliphatic heterocycles. The fourth-order valence-corrected chi connectivity index (χ4v) is 0.843. The molecule has 0 spiro atoms. The van der Waals surface area contributed by atoms with Crippen molar-refractivity contribution in [2.24, 2.45) is 5.73 Å². The van der Waals surface area contributed by atoms with Crippen molar-refractivity contribution < 1.29 is 9.50 Å². The molecule has 2 nitrogen and oxygen atoms in total. The van der Waals surface area contributed by atoms with Gasteiger partial charge < -0.3 is 10.8 Å². The van der Waals surface area contributed by atoms with Gasteiger partial charge in [-0.15, -0.1) is 12.4 Å². The second-order valence-corrected chi connectivity index (χ2v) is 2.34. The van der Waals surface area contributed by atoms with Crippen LogP contribution in [0.2, 0.25) is 0 Å². The minimum Gasteiger partial charge on any atom is -0.394 e. The second-order valence-electron chi connectivity index (χ2n) is 2.34. The summed E-state index contributed by atoms with van der Waals surface area (Å²) in [4.78, 5) is 0. The van der Waals surface area contributed by atoms with Crippen LogP contribution in [-0.2, 0) is 0 Å². The normalized spacial score (nSPS) is 11.9. The number of benzene rings is 1. The summed E-state index contributed by atoms with van der Waals surface area (Å²) in [6.07, 6.45) is 0. The Balaban J connectivity index is 0.00000121. The van der Waals surface area contributed by atoms with E-state index in [0.717, 1.165) is 0 Å². The summed E-state index contributed by atoms with van der Waals surface area (Å²) in [7, 11) is 0. The Labute approximate surface area is 76.6 Å². The fourth-order valence-electron chi connectivity index (χ4n) is 0.843. The third kappa shape index (κ3) is 2.77. The zero-order chi connectivity index (χ0) is 8.27. The number of halogens is 2. The Bertz CT molecular complexity index is 244. The zero-order valence-corrected chi connectivity index (χ0v) is 7.22. The van der Waals surface area contributed by atoms with Gasteiger partial charge in [-0.25, -0.2) is 4.39 Å². The number of aliphatic hydroxyl groups excluding tert-OH is 1. The Morgan fingerprint density at radius 1 is 1.50 bits per heavy atom. The van der Waals surface area contributed by atoms with Crippen molar-refractivity contribution >= 4 is 12.4 Å². The van der Waals surface area contributed by atoms with E-state index in [1.165, 1.54) is 12.1 Å². The van der Waals surface area contributed by atoms with Crippen molar-refractivity contribution in [3.63, 3.8) is 0 Å². The van der Waals surface area contributed by atoms with Gasteiger partial charge in [0.1, 0.15) is 5.82 Å². The molecule has 68 valence electrons. The average Bonchev–Trinajstić information content (AvgIpc) is 2.03. The number of aliphatic hydroxyl groups is 1. The minimum atomic E-state index is -0.481. The van der Waals surface area contributed by atoms with E-state index in [4.69, 9.17) is 10.8 Å². The van der Waals surface area contributed by atoms with Crippen LogP contribution in [0.3, 0.4) is 0 Å². The van der Waals surface area contributed by atoms with E-state index in [1.54, 1.807) is 12.1 Å². The molecule has 1 aromatic rings. The van der Waals surface area contributed by atoms with Crippen LogP contribution in [0.1, 0.15) is 11.6 Å². The molecule has 0 amide bonds. The van der Waals surface area contributed by atoms with E-state index in [-0.39, 0.29) is 24.8 Å². The number of hydrogen-bond acceptors (Lipinski definition) is 2. The van der Waals surface area contributed by atoms with Gasteiger partial charge in [0.15, 0.2) is 0 Å². The van der Waals surface area contributed by atoms with E-state index in [1.807, 2.05) is 0 Å². The molecule has 3 N–H and O–H groups in total. The minimum absolute atomic E-state index is 0. The van der Waals surface area contributed by atoms with Gasteiger partial charge in [-0.1, -0.05) is 12.1 Å². The lowest BCUT2D eigenvalue weighted by atomic mass is 10.1. The first-order chi connectivity index (χ1) is 5.24. The van der Waals surface area contributed by atoms with E-state index in [0.29, 0.717) is 5.56 Å². The molecule has 4 heteroatoms. The van der Waals surface area contributed by atoms with Gasteiger partial charge in [-0.3, -0.25) is 0 Å². The molecule has 12 heavy (non-hydrogen) atoms. The summed E-state index contributed by atoms with van der Waals surface area (Å²) in [6.45, 7) is -0.163. The highest BCUT2D eigenvalue weighted by Crippen LogP contribution is 2.10. The van der Waals surface area contributed by atoms with E-state index in [2.05, 4.69) is 0 Å². The standard InChI is InChI=1S/C8H10FNO.ClH/c9-7-3-1-2-6(4-7)8(10)5-11;/h1-4,8,11H,5,10H2;1H/t8-;/m1./s1. The number of nitrogens with two attached hydrogens (primary N) is 1. The predicted molar refractivity (Wildman–Crippen MR) is 47.7 cm³/mol. The molecule has 1 aromatic carbocycles. The zero-order valence-electron chi connectivity index (χ0n) is 6.40. The monoisotopic (exact) mass is 191 g/mol. The summed E-state index contributed by atoms with van der Waals surface area (Å²) < 4.78 is 12.5. The van der Waals surface area contributed by atoms with Crippen LogP contribution in [0, 0.1) is 5.82 Å². The van der Waals surface area contributed by atoms with Crippen molar-refractivity contribution in [2.75, 3.05) is 6.61 Å². The van der Waals surface area contributed by atoms with Crippen LogP contribution in [0.15, 0.2) is 24.3 Å². The van der Waals surface area contributed by atoms with Gasteiger partial charge in [0, 0.05) is 0 Å². The maximum absolute atomic E-state index is 12.5. The SMILES string of the molecule is Cl.N[C@H](CO)c1cccc(F)c1. The van der Waals surface area contributed by atoms with Crippen molar-refractivity contribution in [3.05, 3.63) is 35.6 Å². The highest BCUT2D eigenvalue weighted by molar-refractivity contribution is 5.85. The van der Waals surface area contributed by atoms with E-state index < -0.39 is 6.04 Å². The molecular weight excluding hydrogens is 181 g/mol. The summed E-state index contributed by atoms with van der Waals surface area (Å²) in [5, 5.41) is 8.63. The first-order valence-corrected chi connectivity index (χ1v) is 3.36. The summed E-state index contributed by atoms with van der Waals surface area (Å²) >= 11 is 0. The van der Waals surface area contributed by atoms with Crippen LogP contribution in [0.5, 0.6) is 0 Å². The van der Waals surface area contributed by atoms with Crippen LogP contribution in [0.25, 0.3) is 0 Å². The van der Waals surface area contributed by atoms with Crippen LogP contribution in [0.4, 0.5) is 4.39 Å². The predicted octanol–water partition coefficient (Wildman–Crippen LogP) is 1.24. The lowest BCUT2D eigenvalue weighted by Crippen LogP contribution is -2.14. The Morgan fingerprint density at radius 3 is 2.67 bits per heavy atom. The highest BCUT2D eigenvalue weighted by Gasteiger charge is 2.03. The summed E-state index contributed by atoms with van der Waals surface area (Å²) in [6, 6.07) is 5.43. The van der Waals surface area contributed by atoms with Gasteiger partial charge in [0.05, 0.1) is 12.6 Å². The Hall–Kier alpha value is -0.640. The second kappa shape index (κ2) is 5.09. The molecule has 0 saturated carbocycles. The first kappa shape index (κ1) is 11.4. The average molecular weight is 192 g/mol.